The summed E-state index contributed by atoms with van der Waals surface area (Å²) in [5.41, 5.74) is 1.40. The number of nitrogens with one attached hydrogen (secondary N) is 1. The Morgan fingerprint density at radius 2 is 1.74 bits per heavy atom. The van der Waals surface area contributed by atoms with Crippen molar-refractivity contribution in [2.45, 2.75) is 19.3 Å². The van der Waals surface area contributed by atoms with Crippen LogP contribution in [0.1, 0.15) is 29.6 Å². The van der Waals surface area contributed by atoms with E-state index in [0.29, 0.717) is 22.8 Å². The molecule has 3 rings (SSSR count). The number of hydrogen-bond acceptors (Lipinski definition) is 4. The summed E-state index contributed by atoms with van der Waals surface area (Å²) in [6.45, 7) is 1.61. The van der Waals surface area contributed by atoms with E-state index >= 15 is 0 Å². The maximum Gasteiger partial charge on any atom is 0.256 e. The van der Waals surface area contributed by atoms with Gasteiger partial charge in [-0.25, -0.2) is 0 Å². The van der Waals surface area contributed by atoms with Crippen molar-refractivity contribution < 1.29 is 19.0 Å². The number of benzene rings is 1. The van der Waals surface area contributed by atoms with E-state index in [1.165, 1.54) is 6.42 Å². The normalized spacial score (nSPS) is 14.8. The van der Waals surface area contributed by atoms with E-state index in [2.05, 4.69) is 4.98 Å². The van der Waals surface area contributed by atoms with Crippen molar-refractivity contribution in [3.8, 4) is 17.2 Å². The van der Waals surface area contributed by atoms with Gasteiger partial charge in [-0.15, -0.1) is 0 Å². The molecule has 1 aromatic heterocycles. The summed E-state index contributed by atoms with van der Waals surface area (Å²) < 4.78 is 16.3. The van der Waals surface area contributed by atoms with Crippen molar-refractivity contribution in [3.05, 3.63) is 17.8 Å². The summed E-state index contributed by atoms with van der Waals surface area (Å²) in [6, 6.07) is 1.82. The van der Waals surface area contributed by atoms with Gasteiger partial charge >= 0.3 is 0 Å². The van der Waals surface area contributed by atoms with Crippen LogP contribution in [0.15, 0.2) is 12.3 Å². The molecular formula is C17H22N2O4. The van der Waals surface area contributed by atoms with Crippen molar-refractivity contribution in [3.63, 3.8) is 0 Å². The second-order valence-electron chi connectivity index (χ2n) is 5.62. The highest BCUT2D eigenvalue weighted by atomic mass is 16.5. The minimum atomic E-state index is 0.0291. The second kappa shape index (κ2) is 6.40. The quantitative estimate of drug-likeness (QED) is 0.941. The lowest BCUT2D eigenvalue weighted by molar-refractivity contribution is 0.0726. The number of likely N-dealkylation sites (tertiary alicyclic amines) is 1. The lowest BCUT2D eigenvalue weighted by atomic mass is 10.1. The Hall–Kier alpha value is -2.37. The summed E-state index contributed by atoms with van der Waals surface area (Å²) in [6.07, 6.45) is 5.04. The molecule has 1 amide bonds. The predicted molar refractivity (Wildman–Crippen MR) is 87.7 cm³/mol. The van der Waals surface area contributed by atoms with Crippen molar-refractivity contribution >= 4 is 16.8 Å². The number of methoxy groups -OCH3 is 3. The predicted octanol–water partition coefficient (Wildman–Crippen LogP) is 2.82. The largest absolute Gasteiger partial charge is 0.493 e. The number of H-pyrrole nitrogens is 1. The molecule has 0 unspecified atom stereocenters. The number of fused-ring (bicyclic) bond motifs is 1. The van der Waals surface area contributed by atoms with Crippen LogP contribution < -0.4 is 14.2 Å². The summed E-state index contributed by atoms with van der Waals surface area (Å²) >= 11 is 0. The minimum absolute atomic E-state index is 0.0291. The Balaban J connectivity index is 2.13. The number of nitrogens with zero attached hydrogens (tertiary/aromatic N) is 1. The molecule has 1 aliphatic heterocycles. The third-order valence-electron chi connectivity index (χ3n) is 4.35. The number of aromatic nitrogens is 1. The minimum Gasteiger partial charge on any atom is -0.493 e. The van der Waals surface area contributed by atoms with Gasteiger partial charge in [0, 0.05) is 25.4 Å². The van der Waals surface area contributed by atoms with E-state index in [1.54, 1.807) is 27.5 Å². The molecule has 23 heavy (non-hydrogen) atoms. The van der Waals surface area contributed by atoms with Gasteiger partial charge in [0.05, 0.1) is 37.8 Å². The zero-order valence-corrected chi connectivity index (χ0v) is 13.8. The van der Waals surface area contributed by atoms with Crippen LogP contribution in [-0.4, -0.2) is 50.2 Å². The average molecular weight is 318 g/mol. The molecular weight excluding hydrogens is 296 g/mol. The lowest BCUT2D eigenvalue weighted by Gasteiger charge is -2.26. The average Bonchev–Trinajstić information content (AvgIpc) is 3.03. The van der Waals surface area contributed by atoms with Crippen LogP contribution in [-0.2, 0) is 0 Å². The van der Waals surface area contributed by atoms with Gasteiger partial charge in [-0.05, 0) is 19.3 Å². The third-order valence-corrected chi connectivity index (χ3v) is 4.35. The molecule has 0 atom stereocenters. The summed E-state index contributed by atoms with van der Waals surface area (Å²) in [7, 11) is 4.70. The van der Waals surface area contributed by atoms with E-state index in [9.17, 15) is 4.79 Å². The van der Waals surface area contributed by atoms with Gasteiger partial charge in [0.2, 0.25) is 5.75 Å². The van der Waals surface area contributed by atoms with E-state index < -0.39 is 0 Å². The highest BCUT2D eigenvalue weighted by Gasteiger charge is 2.26. The van der Waals surface area contributed by atoms with Crippen LogP contribution in [0.3, 0.4) is 0 Å². The third kappa shape index (κ3) is 2.58. The molecule has 0 spiro atoms. The molecule has 0 aliphatic carbocycles. The molecule has 1 aromatic carbocycles. The van der Waals surface area contributed by atoms with E-state index in [4.69, 9.17) is 14.2 Å². The van der Waals surface area contributed by atoms with Crippen LogP contribution >= 0.6 is 0 Å². The fourth-order valence-corrected chi connectivity index (χ4v) is 3.20. The topological polar surface area (TPSA) is 63.8 Å². The zero-order chi connectivity index (χ0) is 16.4. The van der Waals surface area contributed by atoms with Gasteiger partial charge < -0.3 is 24.1 Å². The highest BCUT2D eigenvalue weighted by molar-refractivity contribution is 6.10. The number of hydrogen-bond donors (Lipinski definition) is 1. The Kier molecular flexibility index (Phi) is 4.32. The number of aromatic amines is 1. The SMILES string of the molecule is COc1cc2[nH]cc(C(=O)N3CCCCC3)c2c(OC)c1OC. The van der Waals surface area contributed by atoms with Crippen molar-refractivity contribution in [2.24, 2.45) is 0 Å². The monoisotopic (exact) mass is 318 g/mol. The first-order valence-electron chi connectivity index (χ1n) is 7.80. The molecule has 0 radical (unpaired) electrons. The first-order valence-corrected chi connectivity index (χ1v) is 7.80. The molecule has 6 nitrogen and oxygen atoms in total. The van der Waals surface area contributed by atoms with Crippen LogP contribution in [0.2, 0.25) is 0 Å². The van der Waals surface area contributed by atoms with Crippen molar-refractivity contribution in [2.75, 3.05) is 34.4 Å². The van der Waals surface area contributed by atoms with E-state index in [-0.39, 0.29) is 5.91 Å². The Bertz CT molecular complexity index is 717. The molecule has 124 valence electrons. The lowest BCUT2D eigenvalue weighted by Crippen LogP contribution is -2.35. The van der Waals surface area contributed by atoms with Crippen LogP contribution in [0.25, 0.3) is 10.9 Å². The number of amides is 1. The number of carbonyl (C=O) groups is 1. The van der Waals surface area contributed by atoms with Gasteiger partial charge in [0.15, 0.2) is 11.5 Å². The Labute approximate surface area is 135 Å². The van der Waals surface area contributed by atoms with Crippen LogP contribution in [0.5, 0.6) is 17.2 Å². The first kappa shape index (κ1) is 15.5. The van der Waals surface area contributed by atoms with Gasteiger partial charge in [-0.3, -0.25) is 4.79 Å². The summed E-state index contributed by atoms with van der Waals surface area (Å²) in [4.78, 5) is 17.9. The molecule has 2 heterocycles. The maximum absolute atomic E-state index is 12.9. The molecule has 1 saturated heterocycles. The maximum atomic E-state index is 12.9. The van der Waals surface area contributed by atoms with Crippen molar-refractivity contribution in [1.29, 1.82) is 0 Å². The Morgan fingerprint density at radius 3 is 2.35 bits per heavy atom. The molecule has 1 aliphatic rings. The molecule has 2 aromatic rings. The van der Waals surface area contributed by atoms with E-state index in [1.807, 2.05) is 11.0 Å². The Morgan fingerprint density at radius 1 is 1.04 bits per heavy atom. The smallest absolute Gasteiger partial charge is 0.256 e. The van der Waals surface area contributed by atoms with Gasteiger partial charge in [-0.2, -0.15) is 0 Å². The number of carbonyl (C=O) groups excluding carboxylic acids is 1. The van der Waals surface area contributed by atoms with Crippen LogP contribution in [0.4, 0.5) is 0 Å². The number of piperidine rings is 1. The van der Waals surface area contributed by atoms with E-state index in [0.717, 1.165) is 36.8 Å². The van der Waals surface area contributed by atoms with Crippen molar-refractivity contribution in [1.82, 2.24) is 9.88 Å². The fourth-order valence-electron chi connectivity index (χ4n) is 3.20. The number of ether oxygens (including phenoxy) is 3. The fraction of sp³-hybridized carbons (Fsp3) is 0.471. The first-order chi connectivity index (χ1) is 11.2. The van der Waals surface area contributed by atoms with Crippen LogP contribution in [0, 0.1) is 0 Å². The molecule has 1 fully saturated rings. The summed E-state index contributed by atoms with van der Waals surface area (Å²) in [5, 5.41) is 0.737. The van der Waals surface area contributed by atoms with Gasteiger partial charge in [0.25, 0.3) is 5.91 Å². The molecule has 0 saturated carbocycles. The highest BCUT2D eigenvalue weighted by Crippen LogP contribution is 2.44. The standard InChI is InChI=1S/C17H22N2O4/c1-21-13-9-12-14(16(23-3)15(13)22-2)11(10-18-12)17(20)19-7-5-4-6-8-19/h9-10,18H,4-8H2,1-3H3. The van der Waals surface area contributed by atoms with Gasteiger partial charge in [0.1, 0.15) is 0 Å². The molecule has 6 heteroatoms. The number of rotatable bonds is 4. The van der Waals surface area contributed by atoms with Gasteiger partial charge in [-0.1, -0.05) is 0 Å². The molecule has 1 N–H and O–H groups in total. The second-order valence-corrected chi connectivity index (χ2v) is 5.62. The molecule has 0 bridgehead atoms. The summed E-state index contributed by atoms with van der Waals surface area (Å²) in [5.74, 6) is 1.61. The zero-order valence-electron chi connectivity index (χ0n) is 13.8.